The molecule has 5 aromatic rings. The van der Waals surface area contributed by atoms with Crippen molar-refractivity contribution in [2.75, 3.05) is 26.3 Å². The third-order valence-corrected chi connectivity index (χ3v) is 12.2. The molecule has 2 amide bonds. The number of ether oxygens (including phenoxy) is 1. The van der Waals surface area contributed by atoms with Crippen molar-refractivity contribution in [1.82, 2.24) is 10.2 Å². The first-order chi connectivity index (χ1) is 21.7. The van der Waals surface area contributed by atoms with E-state index in [0.29, 0.717) is 31.9 Å². The molecule has 0 saturated carbocycles. The number of hydrogen-bond donors (Lipinski definition) is 1. The summed E-state index contributed by atoms with van der Waals surface area (Å²) in [6, 6.07) is 50.3. The highest BCUT2D eigenvalue weighted by Gasteiger charge is 2.53. The molecule has 0 aromatic heterocycles. The standard InChI is InChI=1S/C38H33N2O3P.ClH/c41-37(31-18-8-2-9-19-31)39-35(38(42)40-26-28-43-29-27-40)36(30-16-6-1-7-17-30)44(32-20-10-3-11-21-32,33-22-12-4-13-23-33)34-24-14-5-15-25-34;/h1-25H,26-29H2;1H. The molecular formula is C38H34ClN2O3P. The highest BCUT2D eigenvalue weighted by molar-refractivity contribution is 8.03. The zero-order valence-corrected chi connectivity index (χ0v) is 26.4. The lowest BCUT2D eigenvalue weighted by Crippen LogP contribution is -3.00. The summed E-state index contributed by atoms with van der Waals surface area (Å²) >= 11 is 0. The normalized spacial score (nSPS) is 13.6. The third kappa shape index (κ3) is 6.62. The van der Waals surface area contributed by atoms with Crippen LogP contribution in [0, 0.1) is 0 Å². The van der Waals surface area contributed by atoms with Crippen molar-refractivity contribution in [2.24, 2.45) is 0 Å². The summed E-state index contributed by atoms with van der Waals surface area (Å²) in [6.07, 6.45) is 0. The first kappa shape index (κ1) is 31.9. The molecule has 7 heteroatoms. The molecule has 0 spiro atoms. The molecule has 0 aliphatic carbocycles. The Bertz CT molecular complexity index is 1630. The van der Waals surface area contributed by atoms with Gasteiger partial charge in [-0.1, -0.05) is 103 Å². The average Bonchev–Trinajstić information content (AvgIpc) is 3.11. The lowest BCUT2D eigenvalue weighted by molar-refractivity contribution is -0.131. The maximum atomic E-state index is 14.8. The predicted octanol–water partition coefficient (Wildman–Crippen LogP) is 2.64. The minimum atomic E-state index is -2.81. The van der Waals surface area contributed by atoms with Crippen LogP contribution in [0.25, 0.3) is 5.31 Å². The van der Waals surface area contributed by atoms with Gasteiger partial charge in [0.2, 0.25) is 0 Å². The van der Waals surface area contributed by atoms with E-state index in [2.05, 4.69) is 41.7 Å². The number of hydrogen-bond acceptors (Lipinski definition) is 3. The lowest BCUT2D eigenvalue weighted by Gasteiger charge is -2.33. The molecule has 0 bridgehead atoms. The van der Waals surface area contributed by atoms with Gasteiger partial charge in [-0.05, 0) is 48.5 Å². The molecule has 5 nitrogen and oxygen atoms in total. The number of nitrogens with one attached hydrogen (secondary N) is 1. The number of carbonyl (C=O) groups excluding carboxylic acids is 2. The summed E-state index contributed by atoms with van der Waals surface area (Å²) in [4.78, 5) is 30.6. The molecule has 1 aliphatic heterocycles. The van der Waals surface area contributed by atoms with Crippen LogP contribution in [0.2, 0.25) is 0 Å². The van der Waals surface area contributed by atoms with Gasteiger partial charge in [-0.15, -0.1) is 0 Å². The van der Waals surface area contributed by atoms with Gasteiger partial charge in [0.05, 0.1) is 13.2 Å². The smallest absolute Gasteiger partial charge is 0.274 e. The van der Waals surface area contributed by atoms with Crippen LogP contribution < -0.4 is 33.6 Å². The number of rotatable bonds is 8. The molecule has 226 valence electrons. The van der Waals surface area contributed by atoms with E-state index in [1.54, 1.807) is 17.0 Å². The first-order valence-electron chi connectivity index (χ1n) is 14.8. The second-order valence-electron chi connectivity index (χ2n) is 10.5. The fraction of sp³-hybridized carbons (Fsp3) is 0.105. The molecule has 6 rings (SSSR count). The Morgan fingerprint density at radius 3 is 1.36 bits per heavy atom. The molecule has 5 aromatic carbocycles. The van der Waals surface area contributed by atoms with Gasteiger partial charge in [0.25, 0.3) is 11.8 Å². The number of carbonyl (C=O) groups is 2. The SMILES string of the molecule is O=C(NC(C(=O)N1CCOCC1)=C(c1ccccc1)[P+](c1ccccc1)(c1ccccc1)c1ccccc1)c1ccccc1.[Cl-]. The number of amides is 2. The van der Waals surface area contributed by atoms with Crippen LogP contribution in [0.5, 0.6) is 0 Å². The molecule has 1 heterocycles. The summed E-state index contributed by atoms with van der Waals surface area (Å²) in [5, 5.41) is 7.23. The van der Waals surface area contributed by atoms with Crippen LogP contribution >= 0.6 is 7.26 Å². The van der Waals surface area contributed by atoms with Gasteiger partial charge in [-0.25, -0.2) is 0 Å². The number of morpholine rings is 1. The predicted molar refractivity (Wildman–Crippen MR) is 180 cm³/mol. The van der Waals surface area contributed by atoms with Crippen LogP contribution in [0.4, 0.5) is 0 Å². The Hall–Kier alpha value is -4.54. The second kappa shape index (κ2) is 15.0. The Labute approximate surface area is 271 Å². The van der Waals surface area contributed by atoms with Crippen LogP contribution in [0.15, 0.2) is 157 Å². The summed E-state index contributed by atoms with van der Waals surface area (Å²) < 4.78 is 5.61. The molecule has 1 fully saturated rings. The van der Waals surface area contributed by atoms with Gasteiger partial charge in [0, 0.05) is 24.2 Å². The Balaban J connectivity index is 0.00000400. The van der Waals surface area contributed by atoms with E-state index >= 15 is 0 Å². The summed E-state index contributed by atoms with van der Waals surface area (Å²) in [7, 11) is -2.81. The summed E-state index contributed by atoms with van der Waals surface area (Å²) in [5.41, 5.74) is 1.65. The number of benzene rings is 5. The van der Waals surface area contributed by atoms with Gasteiger partial charge in [-0.3, -0.25) is 9.59 Å². The highest BCUT2D eigenvalue weighted by Crippen LogP contribution is 2.67. The van der Waals surface area contributed by atoms with Gasteiger partial charge < -0.3 is 27.4 Å². The second-order valence-corrected chi connectivity index (χ2v) is 13.8. The summed E-state index contributed by atoms with van der Waals surface area (Å²) in [5.74, 6) is -0.550. The molecular weight excluding hydrogens is 599 g/mol. The minimum absolute atomic E-state index is 0. The fourth-order valence-electron chi connectivity index (χ4n) is 5.80. The topological polar surface area (TPSA) is 58.6 Å². The Kier molecular flexibility index (Phi) is 10.6. The Morgan fingerprint density at radius 2 is 0.933 bits per heavy atom. The van der Waals surface area contributed by atoms with Gasteiger partial charge in [-0.2, -0.15) is 0 Å². The van der Waals surface area contributed by atoms with Crippen molar-refractivity contribution in [3.63, 3.8) is 0 Å². The van der Waals surface area contributed by atoms with Gasteiger partial charge in [0.15, 0.2) is 5.70 Å². The van der Waals surface area contributed by atoms with E-state index in [0.717, 1.165) is 26.8 Å². The molecule has 45 heavy (non-hydrogen) atoms. The van der Waals surface area contributed by atoms with Crippen molar-refractivity contribution >= 4 is 40.3 Å². The molecule has 0 unspecified atom stereocenters. The van der Waals surface area contributed by atoms with Gasteiger partial charge >= 0.3 is 0 Å². The van der Waals surface area contributed by atoms with Crippen LogP contribution in [-0.2, 0) is 9.53 Å². The molecule has 0 radical (unpaired) electrons. The van der Waals surface area contributed by atoms with E-state index < -0.39 is 7.26 Å². The quantitative estimate of drug-likeness (QED) is 0.212. The van der Waals surface area contributed by atoms with E-state index in [1.165, 1.54) is 0 Å². The van der Waals surface area contributed by atoms with Crippen molar-refractivity contribution in [3.8, 4) is 0 Å². The molecule has 1 saturated heterocycles. The first-order valence-corrected chi connectivity index (χ1v) is 16.6. The van der Waals surface area contributed by atoms with E-state index in [1.807, 2.05) is 103 Å². The largest absolute Gasteiger partial charge is 1.00 e. The van der Waals surface area contributed by atoms with Crippen molar-refractivity contribution in [1.29, 1.82) is 0 Å². The number of halogens is 1. The fourth-order valence-corrected chi connectivity index (χ4v) is 10.4. The van der Waals surface area contributed by atoms with E-state index in [9.17, 15) is 9.59 Å². The van der Waals surface area contributed by atoms with Gasteiger partial charge in [0.1, 0.15) is 28.5 Å². The van der Waals surface area contributed by atoms with Crippen molar-refractivity contribution in [3.05, 3.63) is 168 Å². The average molecular weight is 633 g/mol. The van der Waals surface area contributed by atoms with Crippen LogP contribution in [0.1, 0.15) is 15.9 Å². The van der Waals surface area contributed by atoms with Crippen molar-refractivity contribution < 1.29 is 26.7 Å². The zero-order chi connectivity index (χ0) is 30.2. The molecule has 1 N–H and O–H groups in total. The van der Waals surface area contributed by atoms with E-state index in [-0.39, 0.29) is 29.9 Å². The molecule has 0 atom stereocenters. The highest BCUT2D eigenvalue weighted by atomic mass is 35.5. The monoisotopic (exact) mass is 632 g/mol. The maximum absolute atomic E-state index is 14.8. The number of nitrogens with zero attached hydrogens (tertiary/aromatic N) is 1. The van der Waals surface area contributed by atoms with Crippen LogP contribution in [-0.4, -0.2) is 43.0 Å². The third-order valence-electron chi connectivity index (χ3n) is 7.84. The maximum Gasteiger partial charge on any atom is 0.274 e. The zero-order valence-electron chi connectivity index (χ0n) is 24.8. The lowest BCUT2D eigenvalue weighted by atomic mass is 10.1. The summed E-state index contributed by atoms with van der Waals surface area (Å²) in [6.45, 7) is 1.78. The molecule has 1 aliphatic rings. The van der Waals surface area contributed by atoms with E-state index in [4.69, 9.17) is 4.74 Å². The van der Waals surface area contributed by atoms with Crippen LogP contribution in [0.3, 0.4) is 0 Å². The Morgan fingerprint density at radius 1 is 0.556 bits per heavy atom. The minimum Gasteiger partial charge on any atom is -1.00 e. The van der Waals surface area contributed by atoms with Crippen molar-refractivity contribution in [2.45, 2.75) is 0 Å².